The van der Waals surface area contributed by atoms with Crippen LogP contribution in [0.4, 0.5) is 0 Å². The van der Waals surface area contributed by atoms with Gasteiger partial charge in [-0.05, 0) is 145 Å². The van der Waals surface area contributed by atoms with Crippen molar-refractivity contribution in [3.63, 3.8) is 0 Å². The first-order chi connectivity index (χ1) is 23.8. The van der Waals surface area contributed by atoms with E-state index in [1.54, 1.807) is 0 Å². The minimum atomic E-state index is 1.09. The number of nitrogens with zero attached hydrogens (tertiary/aromatic N) is 3. The van der Waals surface area contributed by atoms with Gasteiger partial charge in [0.05, 0.1) is 0 Å². The SMILES string of the molecule is c1cncc(-c2cc(-c3cccc(-c4cccc(-c5ccncc5)c4)c3)cc(-c3cccc(-c4cccc(-c5ccncc5)c4)c3)c2)c1. The lowest BCUT2D eigenvalue weighted by Gasteiger charge is -2.14. The van der Waals surface area contributed by atoms with E-state index in [0.29, 0.717) is 0 Å². The molecule has 3 heteroatoms. The van der Waals surface area contributed by atoms with Crippen LogP contribution >= 0.6 is 0 Å². The minimum Gasteiger partial charge on any atom is -0.265 e. The Morgan fingerprint density at radius 2 is 0.500 bits per heavy atom. The molecule has 3 nitrogen and oxygen atoms in total. The maximum Gasteiger partial charge on any atom is 0.0346 e. The van der Waals surface area contributed by atoms with Crippen molar-refractivity contribution in [1.29, 1.82) is 0 Å². The number of hydrogen-bond donors (Lipinski definition) is 0. The summed E-state index contributed by atoms with van der Waals surface area (Å²) in [7, 11) is 0. The Hall–Kier alpha value is -6.45. The maximum absolute atomic E-state index is 4.43. The molecule has 0 saturated heterocycles. The molecule has 0 atom stereocenters. The Labute approximate surface area is 280 Å². The lowest BCUT2D eigenvalue weighted by Crippen LogP contribution is -1.88. The molecule has 3 heterocycles. The van der Waals surface area contributed by atoms with E-state index in [2.05, 4.69) is 136 Å². The van der Waals surface area contributed by atoms with Gasteiger partial charge in [0.25, 0.3) is 0 Å². The van der Waals surface area contributed by atoms with E-state index < -0.39 is 0 Å². The highest BCUT2D eigenvalue weighted by Gasteiger charge is 2.11. The van der Waals surface area contributed by atoms with E-state index in [-0.39, 0.29) is 0 Å². The molecule has 0 bridgehead atoms. The summed E-state index contributed by atoms with van der Waals surface area (Å²) in [6.07, 6.45) is 11.1. The normalized spacial score (nSPS) is 10.9. The summed E-state index contributed by atoms with van der Waals surface area (Å²) in [6.45, 7) is 0. The second-order valence-electron chi connectivity index (χ2n) is 11.8. The van der Waals surface area contributed by atoms with E-state index in [1.165, 1.54) is 33.4 Å². The molecule has 0 amide bonds. The highest BCUT2D eigenvalue weighted by atomic mass is 14.6. The Bertz CT molecular complexity index is 2190. The van der Waals surface area contributed by atoms with Crippen molar-refractivity contribution in [3.05, 3.63) is 189 Å². The van der Waals surface area contributed by atoms with E-state index in [1.807, 2.05) is 67.5 Å². The summed E-state index contributed by atoms with van der Waals surface area (Å²) < 4.78 is 0. The van der Waals surface area contributed by atoms with Gasteiger partial charge in [-0.2, -0.15) is 0 Å². The fraction of sp³-hybridized carbons (Fsp3) is 0. The van der Waals surface area contributed by atoms with E-state index in [4.69, 9.17) is 0 Å². The monoisotopic (exact) mass is 613 g/mol. The molecule has 0 saturated carbocycles. The van der Waals surface area contributed by atoms with Crippen LogP contribution in [-0.4, -0.2) is 15.0 Å². The molecular weight excluding hydrogens is 583 g/mol. The number of rotatable bonds is 7. The molecule has 5 aromatic carbocycles. The average Bonchev–Trinajstić information content (AvgIpc) is 3.19. The summed E-state index contributed by atoms with van der Waals surface area (Å²) >= 11 is 0. The van der Waals surface area contributed by atoms with Crippen molar-refractivity contribution in [3.8, 4) is 77.9 Å². The Morgan fingerprint density at radius 1 is 0.208 bits per heavy atom. The fourth-order valence-corrected chi connectivity index (χ4v) is 6.26. The van der Waals surface area contributed by atoms with Crippen molar-refractivity contribution in [1.82, 2.24) is 15.0 Å². The molecule has 3 aromatic heterocycles. The second kappa shape index (κ2) is 13.1. The molecular formula is C45H31N3. The van der Waals surface area contributed by atoms with E-state index in [9.17, 15) is 0 Å². The molecule has 0 aliphatic rings. The molecule has 0 N–H and O–H groups in total. The van der Waals surface area contributed by atoms with E-state index >= 15 is 0 Å². The third-order valence-corrected chi connectivity index (χ3v) is 8.74. The molecule has 0 spiro atoms. The lowest BCUT2D eigenvalue weighted by atomic mass is 9.91. The number of pyridine rings is 3. The van der Waals surface area contributed by atoms with Gasteiger partial charge in [-0.15, -0.1) is 0 Å². The number of hydrogen-bond acceptors (Lipinski definition) is 3. The van der Waals surface area contributed by atoms with Crippen molar-refractivity contribution in [2.75, 3.05) is 0 Å². The minimum absolute atomic E-state index is 1.09. The maximum atomic E-state index is 4.43. The average molecular weight is 614 g/mol. The smallest absolute Gasteiger partial charge is 0.0346 e. The van der Waals surface area contributed by atoms with Crippen molar-refractivity contribution in [2.24, 2.45) is 0 Å². The largest absolute Gasteiger partial charge is 0.265 e. The third-order valence-electron chi connectivity index (χ3n) is 8.74. The van der Waals surface area contributed by atoms with Crippen molar-refractivity contribution < 1.29 is 0 Å². The quantitative estimate of drug-likeness (QED) is 0.179. The van der Waals surface area contributed by atoms with Crippen molar-refractivity contribution >= 4 is 0 Å². The summed E-state index contributed by atoms with van der Waals surface area (Å²) in [5.41, 5.74) is 16.2. The van der Waals surface area contributed by atoms with Crippen molar-refractivity contribution in [2.45, 2.75) is 0 Å². The molecule has 0 unspecified atom stereocenters. The lowest BCUT2D eigenvalue weighted by molar-refractivity contribution is 1.33. The standard InChI is InChI=1S/C45H31N3/c1-6-34(32-15-20-46-21-16-32)24-36(8-1)38-10-3-12-40(26-38)43-28-44(30-45(29-43)42-14-5-19-48-31-42)41-13-4-11-39(27-41)37-9-2-7-35(25-37)33-17-22-47-23-18-33/h1-31H. The zero-order valence-electron chi connectivity index (χ0n) is 26.2. The molecule has 0 fully saturated rings. The second-order valence-corrected chi connectivity index (χ2v) is 11.8. The van der Waals surface area contributed by atoms with Crippen LogP contribution in [0.15, 0.2) is 189 Å². The topological polar surface area (TPSA) is 38.7 Å². The van der Waals surface area contributed by atoms with Crippen LogP contribution in [0.25, 0.3) is 77.9 Å². The first-order valence-corrected chi connectivity index (χ1v) is 16.0. The van der Waals surface area contributed by atoms with Crippen LogP contribution in [0, 0.1) is 0 Å². The van der Waals surface area contributed by atoms with Gasteiger partial charge in [-0.3, -0.25) is 15.0 Å². The molecule has 8 aromatic rings. The van der Waals surface area contributed by atoms with Crippen LogP contribution in [0.1, 0.15) is 0 Å². The Kier molecular flexibility index (Phi) is 7.92. The zero-order chi connectivity index (χ0) is 32.1. The highest BCUT2D eigenvalue weighted by molar-refractivity contribution is 5.85. The molecule has 8 rings (SSSR count). The van der Waals surface area contributed by atoms with Crippen LogP contribution < -0.4 is 0 Å². The molecule has 0 radical (unpaired) electrons. The summed E-state index contributed by atoms with van der Waals surface area (Å²) in [5, 5.41) is 0. The van der Waals surface area contributed by atoms with Gasteiger partial charge in [-0.25, -0.2) is 0 Å². The van der Waals surface area contributed by atoms with Gasteiger partial charge in [0.15, 0.2) is 0 Å². The number of aromatic nitrogens is 3. The van der Waals surface area contributed by atoms with E-state index in [0.717, 1.165) is 44.5 Å². The van der Waals surface area contributed by atoms with Crippen LogP contribution in [-0.2, 0) is 0 Å². The first kappa shape index (κ1) is 29.0. The molecule has 0 aliphatic heterocycles. The number of benzene rings is 5. The molecule has 226 valence electrons. The molecule has 48 heavy (non-hydrogen) atoms. The van der Waals surface area contributed by atoms with Gasteiger partial charge in [0, 0.05) is 42.7 Å². The Morgan fingerprint density at radius 3 is 0.854 bits per heavy atom. The molecule has 0 aliphatic carbocycles. The first-order valence-electron chi connectivity index (χ1n) is 16.0. The predicted octanol–water partition coefficient (Wildman–Crippen LogP) is 11.5. The summed E-state index contributed by atoms with van der Waals surface area (Å²) in [4.78, 5) is 12.8. The summed E-state index contributed by atoms with van der Waals surface area (Å²) in [6, 6.07) is 54.2. The van der Waals surface area contributed by atoms with Gasteiger partial charge in [0.2, 0.25) is 0 Å². The third kappa shape index (κ3) is 6.18. The Balaban J connectivity index is 1.20. The predicted molar refractivity (Wildman–Crippen MR) is 198 cm³/mol. The van der Waals surface area contributed by atoms with Crippen LogP contribution in [0.5, 0.6) is 0 Å². The zero-order valence-corrected chi connectivity index (χ0v) is 26.2. The van der Waals surface area contributed by atoms with Gasteiger partial charge < -0.3 is 0 Å². The fourth-order valence-electron chi connectivity index (χ4n) is 6.26. The van der Waals surface area contributed by atoms with Crippen LogP contribution in [0.3, 0.4) is 0 Å². The van der Waals surface area contributed by atoms with Gasteiger partial charge in [0.1, 0.15) is 0 Å². The van der Waals surface area contributed by atoms with Gasteiger partial charge in [-0.1, -0.05) is 78.9 Å². The summed E-state index contributed by atoms with van der Waals surface area (Å²) in [5.74, 6) is 0. The van der Waals surface area contributed by atoms with Gasteiger partial charge >= 0.3 is 0 Å². The highest BCUT2D eigenvalue weighted by Crippen LogP contribution is 2.36. The van der Waals surface area contributed by atoms with Crippen LogP contribution in [0.2, 0.25) is 0 Å².